The Kier molecular flexibility index (Phi) is 2.83. The average Bonchev–Trinajstić information content (AvgIpc) is 2.85. The highest BCUT2D eigenvalue weighted by Gasteiger charge is 2.06. The largest absolute Gasteiger partial charge is 0.398 e. The van der Waals surface area contributed by atoms with Crippen molar-refractivity contribution in [2.45, 2.75) is 6.54 Å². The smallest absolute Gasteiger partial charge is 0.259 e. The standard InChI is InChI=1S/C14H11FN2OS/c15-10-2-1-9(12(16)7-10)8-17-5-3-13-11(14(17)18)4-6-19-13/h1-7H,8,16H2. The predicted octanol–water partition coefficient (Wildman–Crippen LogP) is 2.83. The quantitative estimate of drug-likeness (QED) is 0.730. The van der Waals surface area contributed by atoms with Crippen LogP contribution in [0.4, 0.5) is 10.1 Å². The van der Waals surface area contributed by atoms with Crippen LogP contribution >= 0.6 is 11.3 Å². The molecular weight excluding hydrogens is 263 g/mol. The summed E-state index contributed by atoms with van der Waals surface area (Å²) < 4.78 is 15.5. The molecule has 0 amide bonds. The zero-order valence-corrected chi connectivity index (χ0v) is 10.8. The van der Waals surface area contributed by atoms with Crippen molar-refractivity contribution in [3.05, 3.63) is 63.6 Å². The lowest BCUT2D eigenvalue weighted by Gasteiger charge is -2.08. The topological polar surface area (TPSA) is 48.0 Å². The van der Waals surface area contributed by atoms with Crippen LogP contribution < -0.4 is 11.3 Å². The van der Waals surface area contributed by atoms with Gasteiger partial charge in [-0.3, -0.25) is 4.79 Å². The second-order valence-electron chi connectivity index (χ2n) is 4.29. The van der Waals surface area contributed by atoms with E-state index in [-0.39, 0.29) is 11.4 Å². The molecule has 0 unspecified atom stereocenters. The van der Waals surface area contributed by atoms with E-state index in [0.717, 1.165) is 10.3 Å². The molecule has 0 saturated heterocycles. The number of nitrogens with two attached hydrogens (primary N) is 1. The van der Waals surface area contributed by atoms with Gasteiger partial charge in [0.1, 0.15) is 5.82 Å². The van der Waals surface area contributed by atoms with Crippen molar-refractivity contribution in [3.8, 4) is 0 Å². The number of fused-ring (bicyclic) bond motifs is 1. The molecule has 0 atom stereocenters. The molecule has 5 heteroatoms. The summed E-state index contributed by atoms with van der Waals surface area (Å²) in [5.74, 6) is -0.373. The predicted molar refractivity (Wildman–Crippen MR) is 76.0 cm³/mol. The SMILES string of the molecule is Nc1cc(F)ccc1Cn1ccc2sccc2c1=O. The number of aromatic nitrogens is 1. The van der Waals surface area contributed by atoms with Crippen molar-refractivity contribution in [3.63, 3.8) is 0 Å². The Morgan fingerprint density at radius 2 is 2.11 bits per heavy atom. The second kappa shape index (κ2) is 4.51. The molecule has 0 fully saturated rings. The Morgan fingerprint density at radius 1 is 1.26 bits per heavy atom. The van der Waals surface area contributed by atoms with E-state index in [1.54, 1.807) is 16.8 Å². The highest BCUT2D eigenvalue weighted by atomic mass is 32.1. The van der Waals surface area contributed by atoms with Crippen molar-refractivity contribution in [1.29, 1.82) is 0 Å². The number of hydrogen-bond donors (Lipinski definition) is 1. The van der Waals surface area contributed by atoms with Crippen molar-refractivity contribution in [2.75, 3.05) is 5.73 Å². The molecule has 0 aliphatic carbocycles. The van der Waals surface area contributed by atoms with Crippen molar-refractivity contribution < 1.29 is 4.39 Å². The molecule has 0 saturated carbocycles. The summed E-state index contributed by atoms with van der Waals surface area (Å²) in [6, 6.07) is 7.94. The van der Waals surface area contributed by atoms with Crippen LogP contribution in [0.3, 0.4) is 0 Å². The highest BCUT2D eigenvalue weighted by molar-refractivity contribution is 7.17. The van der Waals surface area contributed by atoms with Gasteiger partial charge in [-0.25, -0.2) is 4.39 Å². The third-order valence-electron chi connectivity index (χ3n) is 3.04. The van der Waals surface area contributed by atoms with E-state index in [4.69, 9.17) is 5.73 Å². The molecule has 0 aliphatic rings. The molecule has 96 valence electrons. The van der Waals surface area contributed by atoms with Gasteiger partial charge in [0.2, 0.25) is 0 Å². The van der Waals surface area contributed by atoms with Gasteiger partial charge in [-0.15, -0.1) is 11.3 Å². The molecule has 3 nitrogen and oxygen atoms in total. The molecule has 0 aliphatic heterocycles. The van der Waals surface area contributed by atoms with E-state index in [9.17, 15) is 9.18 Å². The Morgan fingerprint density at radius 3 is 2.89 bits per heavy atom. The third kappa shape index (κ3) is 2.13. The summed E-state index contributed by atoms with van der Waals surface area (Å²) in [6.07, 6.45) is 1.74. The summed E-state index contributed by atoms with van der Waals surface area (Å²) in [7, 11) is 0. The molecule has 19 heavy (non-hydrogen) atoms. The fourth-order valence-electron chi connectivity index (χ4n) is 2.02. The lowest BCUT2D eigenvalue weighted by Crippen LogP contribution is -2.20. The highest BCUT2D eigenvalue weighted by Crippen LogP contribution is 2.18. The Hall–Kier alpha value is -2.14. The molecule has 2 aromatic heterocycles. The maximum absolute atomic E-state index is 13.0. The molecule has 0 radical (unpaired) electrons. The van der Waals surface area contributed by atoms with Gasteiger partial charge in [-0.05, 0) is 35.2 Å². The van der Waals surface area contributed by atoms with Crippen LogP contribution in [0, 0.1) is 5.82 Å². The van der Waals surface area contributed by atoms with Crippen molar-refractivity contribution in [1.82, 2.24) is 4.57 Å². The van der Waals surface area contributed by atoms with Gasteiger partial charge in [0.25, 0.3) is 5.56 Å². The Bertz CT molecular complexity index is 807. The van der Waals surface area contributed by atoms with E-state index >= 15 is 0 Å². The lowest BCUT2D eigenvalue weighted by molar-refractivity contribution is 0.627. The maximum Gasteiger partial charge on any atom is 0.259 e. The monoisotopic (exact) mass is 274 g/mol. The molecule has 2 heterocycles. The number of pyridine rings is 1. The fraction of sp³-hybridized carbons (Fsp3) is 0.0714. The first kappa shape index (κ1) is 11.9. The minimum atomic E-state index is -0.373. The van der Waals surface area contributed by atoms with Gasteiger partial charge >= 0.3 is 0 Å². The number of rotatable bonds is 2. The molecule has 0 bridgehead atoms. The number of hydrogen-bond acceptors (Lipinski definition) is 3. The van der Waals surface area contributed by atoms with E-state index in [1.165, 1.54) is 23.5 Å². The van der Waals surface area contributed by atoms with Crippen LogP contribution in [0.25, 0.3) is 10.1 Å². The number of thiophene rings is 1. The zero-order chi connectivity index (χ0) is 13.4. The van der Waals surface area contributed by atoms with Gasteiger partial charge in [0, 0.05) is 16.6 Å². The molecule has 0 spiro atoms. The van der Waals surface area contributed by atoms with Crippen LogP contribution in [0.1, 0.15) is 5.56 Å². The van der Waals surface area contributed by atoms with Gasteiger partial charge in [-0.1, -0.05) is 6.07 Å². The van der Waals surface area contributed by atoms with E-state index in [2.05, 4.69) is 0 Å². The van der Waals surface area contributed by atoms with Crippen LogP contribution in [-0.4, -0.2) is 4.57 Å². The van der Waals surface area contributed by atoms with Crippen LogP contribution in [-0.2, 0) is 6.54 Å². The molecule has 3 aromatic rings. The summed E-state index contributed by atoms with van der Waals surface area (Å²) in [4.78, 5) is 12.2. The summed E-state index contributed by atoms with van der Waals surface area (Å²) in [6.45, 7) is 0.344. The molecule has 2 N–H and O–H groups in total. The van der Waals surface area contributed by atoms with Gasteiger partial charge < -0.3 is 10.3 Å². The number of halogens is 1. The molecule has 3 rings (SSSR count). The Balaban J connectivity index is 2.05. The van der Waals surface area contributed by atoms with Crippen LogP contribution in [0.2, 0.25) is 0 Å². The van der Waals surface area contributed by atoms with Crippen LogP contribution in [0.5, 0.6) is 0 Å². The Labute approximate surface area is 112 Å². The normalized spacial score (nSPS) is 11.0. The van der Waals surface area contributed by atoms with Gasteiger partial charge in [0.05, 0.1) is 11.9 Å². The minimum absolute atomic E-state index is 0.0533. The first-order chi connectivity index (χ1) is 9.15. The second-order valence-corrected chi connectivity index (χ2v) is 5.24. The number of nitrogen functional groups attached to an aromatic ring is 1. The van der Waals surface area contributed by atoms with Gasteiger partial charge in [-0.2, -0.15) is 0 Å². The zero-order valence-electron chi connectivity index (χ0n) is 9.97. The molecular formula is C14H11FN2OS. The molecule has 1 aromatic carbocycles. The lowest BCUT2D eigenvalue weighted by atomic mass is 10.1. The van der Waals surface area contributed by atoms with Crippen LogP contribution in [0.15, 0.2) is 46.7 Å². The van der Waals surface area contributed by atoms with E-state index < -0.39 is 0 Å². The summed E-state index contributed by atoms with van der Waals surface area (Å²) in [5, 5.41) is 2.59. The van der Waals surface area contributed by atoms with Crippen molar-refractivity contribution in [2.24, 2.45) is 0 Å². The summed E-state index contributed by atoms with van der Waals surface area (Å²) >= 11 is 1.53. The minimum Gasteiger partial charge on any atom is -0.398 e. The number of nitrogens with zero attached hydrogens (tertiary/aromatic N) is 1. The average molecular weight is 274 g/mol. The summed E-state index contributed by atoms with van der Waals surface area (Å²) in [5.41, 5.74) is 6.80. The van der Waals surface area contributed by atoms with Crippen molar-refractivity contribution >= 4 is 27.1 Å². The number of anilines is 1. The number of benzene rings is 1. The third-order valence-corrected chi connectivity index (χ3v) is 3.92. The fourth-order valence-corrected chi connectivity index (χ4v) is 2.80. The van der Waals surface area contributed by atoms with E-state index in [0.29, 0.717) is 17.6 Å². The maximum atomic E-state index is 13.0. The van der Waals surface area contributed by atoms with E-state index in [1.807, 2.05) is 17.5 Å². The van der Waals surface area contributed by atoms with Gasteiger partial charge in [0.15, 0.2) is 0 Å². The first-order valence-electron chi connectivity index (χ1n) is 5.76. The first-order valence-corrected chi connectivity index (χ1v) is 6.63.